The Morgan fingerprint density at radius 1 is 0.633 bits per heavy atom. The van der Waals surface area contributed by atoms with Gasteiger partial charge >= 0.3 is 12.0 Å². The van der Waals surface area contributed by atoms with Crippen LogP contribution in [0.2, 0.25) is 6.04 Å². The molecule has 0 saturated heterocycles. The van der Waals surface area contributed by atoms with Crippen LogP contribution in [0.25, 0.3) is 0 Å². The third-order valence-corrected chi connectivity index (χ3v) is 7.10. The Hall–Kier alpha value is -0.573. The van der Waals surface area contributed by atoms with E-state index in [-0.39, 0.29) is 6.42 Å². The maximum Gasteiger partial charge on any atom is 0.341 e. The molecule has 0 aliphatic rings. The summed E-state index contributed by atoms with van der Waals surface area (Å²) in [5.41, 5.74) is 0. The number of benzene rings is 1. The molecule has 30 heavy (non-hydrogen) atoms. The van der Waals surface area contributed by atoms with Crippen molar-refractivity contribution in [2.75, 3.05) is 0 Å². The van der Waals surface area contributed by atoms with Crippen molar-refractivity contribution >= 4 is 45.2 Å². The number of esters is 1. The topological polar surface area (TPSA) is 26.3 Å². The average molecular weight is 514 g/mol. The monoisotopic (exact) mass is 512 g/mol. The van der Waals surface area contributed by atoms with Crippen LogP contribution in [0.3, 0.4) is 0 Å². The van der Waals surface area contributed by atoms with Gasteiger partial charge in [-0.2, -0.15) is 8.78 Å². The largest absolute Gasteiger partial charge is 0.420 e. The first-order valence-corrected chi connectivity index (χ1v) is 15.1. The van der Waals surface area contributed by atoms with E-state index in [2.05, 4.69) is 4.74 Å². The second-order valence-electron chi connectivity index (χ2n) is 7.02. The van der Waals surface area contributed by atoms with Crippen LogP contribution in [-0.2, 0) is 4.79 Å². The predicted octanol–water partition coefficient (Wildman–Crippen LogP) is 8.23. The molecule has 0 aromatic heterocycles. The maximum absolute atomic E-state index is 13.5. The molecule has 1 aromatic rings. The molecule has 0 unspecified atom stereocenters. The van der Waals surface area contributed by atoms with E-state index >= 15 is 0 Å². The van der Waals surface area contributed by atoms with Gasteiger partial charge in [0.25, 0.3) is 0 Å². The highest BCUT2D eigenvalue weighted by Crippen LogP contribution is 2.30. The van der Waals surface area contributed by atoms with Gasteiger partial charge in [-0.3, -0.25) is 4.79 Å². The van der Waals surface area contributed by atoms with Gasteiger partial charge in [0, 0.05) is 6.42 Å². The summed E-state index contributed by atoms with van der Waals surface area (Å²) in [7, 11) is 0. The van der Waals surface area contributed by atoms with Gasteiger partial charge in [0.2, 0.25) is 34.8 Å². The van der Waals surface area contributed by atoms with E-state index in [1.807, 2.05) is 0 Å². The van der Waals surface area contributed by atoms with Gasteiger partial charge in [0.1, 0.15) is 0 Å². The molecule has 0 spiro atoms. The highest BCUT2D eigenvalue weighted by Gasteiger charge is 2.28. The Bertz CT molecular complexity index is 673. The first kappa shape index (κ1) is 27.5. The molecule has 0 fully saturated rings. The fourth-order valence-corrected chi connectivity index (χ4v) is 4.70. The summed E-state index contributed by atoms with van der Waals surface area (Å²) in [6.45, 7) is 0. The molecular formula is C19H24Cl3F5O2Si. The summed E-state index contributed by atoms with van der Waals surface area (Å²) < 4.78 is 70.4. The zero-order valence-corrected chi connectivity index (χ0v) is 19.6. The minimum Gasteiger partial charge on any atom is -0.420 e. The molecular weight excluding hydrogens is 490 g/mol. The van der Waals surface area contributed by atoms with E-state index in [0.717, 1.165) is 51.4 Å². The normalized spacial score (nSPS) is 11.7. The van der Waals surface area contributed by atoms with E-state index in [9.17, 15) is 26.7 Å². The third kappa shape index (κ3) is 10.2. The fraction of sp³-hybridized carbons (Fsp3) is 0.632. The quantitative estimate of drug-likeness (QED) is 0.0366. The van der Waals surface area contributed by atoms with Crippen LogP contribution in [-0.4, -0.2) is 12.0 Å². The van der Waals surface area contributed by atoms with Crippen molar-refractivity contribution in [3.63, 3.8) is 0 Å². The summed E-state index contributed by atoms with van der Waals surface area (Å²) in [5.74, 6) is -13.5. The Balaban J connectivity index is 2.12. The highest BCUT2D eigenvalue weighted by molar-refractivity contribution is 7.64. The molecule has 0 saturated carbocycles. The number of carbonyl (C=O) groups excluding carboxylic acids is 1. The van der Waals surface area contributed by atoms with Crippen molar-refractivity contribution in [3.8, 4) is 5.75 Å². The Kier molecular flexibility index (Phi) is 12.6. The van der Waals surface area contributed by atoms with Crippen molar-refractivity contribution in [1.82, 2.24) is 0 Å². The minimum absolute atomic E-state index is 0.175. The van der Waals surface area contributed by atoms with E-state index in [1.54, 1.807) is 0 Å². The van der Waals surface area contributed by atoms with E-state index in [1.165, 1.54) is 0 Å². The van der Waals surface area contributed by atoms with Crippen molar-refractivity contribution in [1.29, 1.82) is 0 Å². The number of halogens is 8. The standard InChI is InChI=1S/C19H24Cl3F5O2Si/c20-30(21,22)12-10-8-6-4-2-1-3-5-7-9-11-13(28)29-19-17(26)15(24)14(23)16(25)18(19)27/h1-12H2. The number of hydrogen-bond donors (Lipinski definition) is 0. The summed E-state index contributed by atoms with van der Waals surface area (Å²) in [6.07, 6.45) is 9.09. The molecule has 0 radical (unpaired) electrons. The van der Waals surface area contributed by atoms with Crippen LogP contribution in [0.1, 0.15) is 70.6 Å². The second kappa shape index (κ2) is 13.8. The van der Waals surface area contributed by atoms with Gasteiger partial charge in [-0.25, -0.2) is 13.2 Å². The van der Waals surface area contributed by atoms with Gasteiger partial charge in [-0.15, -0.1) is 33.2 Å². The van der Waals surface area contributed by atoms with E-state index in [0.29, 0.717) is 18.9 Å². The summed E-state index contributed by atoms with van der Waals surface area (Å²) in [6, 6.07) is -1.81. The van der Waals surface area contributed by atoms with Gasteiger partial charge in [0.05, 0.1) is 0 Å². The van der Waals surface area contributed by atoms with Gasteiger partial charge < -0.3 is 4.74 Å². The number of rotatable bonds is 14. The number of ether oxygens (including phenoxy) is 1. The molecule has 0 aliphatic heterocycles. The molecule has 0 heterocycles. The lowest BCUT2D eigenvalue weighted by Crippen LogP contribution is -2.13. The average Bonchev–Trinajstić information content (AvgIpc) is 2.68. The predicted molar refractivity (Wildman–Crippen MR) is 111 cm³/mol. The number of carbonyl (C=O) groups is 1. The van der Waals surface area contributed by atoms with Crippen molar-refractivity contribution in [2.45, 2.75) is 76.7 Å². The van der Waals surface area contributed by atoms with Crippen molar-refractivity contribution in [3.05, 3.63) is 29.1 Å². The van der Waals surface area contributed by atoms with Crippen LogP contribution >= 0.6 is 33.2 Å². The smallest absolute Gasteiger partial charge is 0.341 e. The molecule has 2 nitrogen and oxygen atoms in total. The molecule has 0 aliphatic carbocycles. The molecule has 11 heteroatoms. The minimum atomic E-state index is -2.50. The molecule has 172 valence electrons. The molecule has 0 N–H and O–H groups in total. The molecule has 1 rings (SSSR count). The van der Waals surface area contributed by atoms with Crippen LogP contribution in [0.5, 0.6) is 5.75 Å². The van der Waals surface area contributed by atoms with Crippen LogP contribution in [0.15, 0.2) is 0 Å². The van der Waals surface area contributed by atoms with Crippen LogP contribution < -0.4 is 4.74 Å². The lowest BCUT2D eigenvalue weighted by molar-refractivity contribution is -0.135. The van der Waals surface area contributed by atoms with Gasteiger partial charge in [0.15, 0.2) is 0 Å². The molecule has 0 atom stereocenters. The van der Waals surface area contributed by atoms with Crippen molar-refractivity contribution < 1.29 is 31.5 Å². The number of hydrogen-bond acceptors (Lipinski definition) is 2. The summed E-state index contributed by atoms with van der Waals surface area (Å²) in [5, 5.41) is 0. The van der Waals surface area contributed by atoms with Crippen LogP contribution in [0, 0.1) is 29.1 Å². The Labute approximate surface area is 188 Å². The van der Waals surface area contributed by atoms with Crippen LogP contribution in [0.4, 0.5) is 22.0 Å². The second-order valence-corrected chi connectivity index (χ2v) is 16.3. The summed E-state index contributed by atoms with van der Waals surface area (Å²) >= 11 is 17.4. The highest BCUT2D eigenvalue weighted by atomic mass is 35.8. The fourth-order valence-electron chi connectivity index (χ4n) is 2.85. The zero-order chi connectivity index (χ0) is 22.7. The molecule has 0 amide bonds. The lowest BCUT2D eigenvalue weighted by Gasteiger charge is -2.09. The van der Waals surface area contributed by atoms with Crippen molar-refractivity contribution in [2.24, 2.45) is 0 Å². The first-order valence-electron chi connectivity index (χ1n) is 9.83. The number of unbranched alkanes of at least 4 members (excludes halogenated alkanes) is 9. The van der Waals surface area contributed by atoms with E-state index in [4.69, 9.17) is 33.2 Å². The zero-order valence-electron chi connectivity index (χ0n) is 16.3. The van der Waals surface area contributed by atoms with Gasteiger partial charge in [-0.05, 0) is 12.5 Å². The van der Waals surface area contributed by atoms with E-state index < -0.39 is 46.8 Å². The molecule has 1 aromatic carbocycles. The SMILES string of the molecule is O=C(CCCCCCCCCCCC[Si](Cl)(Cl)Cl)Oc1c(F)c(F)c(F)c(F)c1F. The Morgan fingerprint density at radius 3 is 1.43 bits per heavy atom. The Morgan fingerprint density at radius 2 is 1.00 bits per heavy atom. The third-order valence-electron chi connectivity index (χ3n) is 4.48. The van der Waals surface area contributed by atoms with Gasteiger partial charge in [-0.1, -0.05) is 57.8 Å². The lowest BCUT2D eigenvalue weighted by atomic mass is 10.1. The molecule has 0 bridgehead atoms. The first-order chi connectivity index (χ1) is 14.0. The summed E-state index contributed by atoms with van der Waals surface area (Å²) in [4.78, 5) is 11.6. The maximum atomic E-state index is 13.5.